The van der Waals surface area contributed by atoms with Gasteiger partial charge in [0, 0.05) is 30.1 Å². The number of nitrogens with zero attached hydrogens (tertiary/aromatic N) is 2. The van der Waals surface area contributed by atoms with E-state index in [-0.39, 0.29) is 25.0 Å². The van der Waals surface area contributed by atoms with Crippen LogP contribution in [0, 0.1) is 0 Å². The zero-order valence-electron chi connectivity index (χ0n) is 26.5. The standard InChI is InChI=1S/C36H46N2O6/c1-5-42-34(40)23-29-18-17-28(22-33(29)43-31-11-7-6-8-12-31)27-15-13-26(14-16-27)19-21-38(35(41)44-36(2,3)4)25-32(39)30-10-9-20-37-24-30/h9-10,13-18,20,22,24,31-32,39H,5-8,11-12,19,21,23,25H2,1-4H3/t32-/m0/s1. The Kier molecular flexibility index (Phi) is 11.8. The third-order valence-corrected chi connectivity index (χ3v) is 7.62. The number of carbonyl (C=O) groups excluding carboxylic acids is 2. The average molecular weight is 603 g/mol. The maximum Gasteiger partial charge on any atom is 0.410 e. The van der Waals surface area contributed by atoms with E-state index in [2.05, 4.69) is 17.1 Å². The van der Waals surface area contributed by atoms with E-state index < -0.39 is 17.8 Å². The van der Waals surface area contributed by atoms with E-state index in [9.17, 15) is 14.7 Å². The highest BCUT2D eigenvalue weighted by molar-refractivity contribution is 5.75. The first-order chi connectivity index (χ1) is 21.1. The first-order valence-electron chi connectivity index (χ1n) is 15.7. The van der Waals surface area contributed by atoms with Gasteiger partial charge in [-0.05, 0) is 88.6 Å². The van der Waals surface area contributed by atoms with Crippen LogP contribution in [-0.2, 0) is 27.1 Å². The van der Waals surface area contributed by atoms with Crippen molar-refractivity contribution in [1.29, 1.82) is 0 Å². The van der Waals surface area contributed by atoms with Crippen LogP contribution in [0.2, 0.25) is 0 Å². The van der Waals surface area contributed by atoms with E-state index >= 15 is 0 Å². The third kappa shape index (κ3) is 10.1. The molecule has 44 heavy (non-hydrogen) atoms. The average Bonchev–Trinajstić information content (AvgIpc) is 3.00. The topological polar surface area (TPSA) is 98.2 Å². The number of benzene rings is 2. The molecular formula is C36H46N2O6. The molecule has 0 aliphatic heterocycles. The summed E-state index contributed by atoms with van der Waals surface area (Å²) >= 11 is 0. The minimum atomic E-state index is -0.879. The van der Waals surface area contributed by atoms with Crippen LogP contribution in [0.15, 0.2) is 67.0 Å². The summed E-state index contributed by atoms with van der Waals surface area (Å²) in [5.41, 5.74) is 3.92. The van der Waals surface area contributed by atoms with Crippen molar-refractivity contribution in [2.75, 3.05) is 19.7 Å². The van der Waals surface area contributed by atoms with Crippen molar-refractivity contribution in [2.24, 2.45) is 0 Å². The van der Waals surface area contributed by atoms with Crippen molar-refractivity contribution in [3.63, 3.8) is 0 Å². The fourth-order valence-corrected chi connectivity index (χ4v) is 5.32. The lowest BCUT2D eigenvalue weighted by molar-refractivity contribution is -0.142. The summed E-state index contributed by atoms with van der Waals surface area (Å²) in [6, 6.07) is 17.8. The molecule has 8 nitrogen and oxygen atoms in total. The van der Waals surface area contributed by atoms with Gasteiger partial charge < -0.3 is 24.2 Å². The zero-order valence-corrected chi connectivity index (χ0v) is 26.5. The van der Waals surface area contributed by atoms with Gasteiger partial charge >= 0.3 is 12.1 Å². The molecule has 1 amide bonds. The summed E-state index contributed by atoms with van der Waals surface area (Å²) in [6.45, 7) is 8.12. The number of aliphatic hydroxyl groups is 1. The SMILES string of the molecule is CCOC(=O)Cc1ccc(-c2ccc(CCN(C[C@H](O)c3cccnc3)C(=O)OC(C)(C)C)cc2)cc1OC1CCCCC1. The van der Waals surface area contributed by atoms with Gasteiger partial charge in [-0.25, -0.2) is 4.79 Å². The molecule has 1 N–H and O–H groups in total. The van der Waals surface area contributed by atoms with Gasteiger partial charge in [0.1, 0.15) is 11.4 Å². The van der Waals surface area contributed by atoms with Crippen LogP contribution in [0.25, 0.3) is 11.1 Å². The summed E-state index contributed by atoms with van der Waals surface area (Å²) in [6.07, 6.45) is 8.44. The van der Waals surface area contributed by atoms with E-state index in [1.54, 1.807) is 29.4 Å². The second kappa shape index (κ2) is 15.7. The van der Waals surface area contributed by atoms with E-state index in [1.165, 1.54) is 6.42 Å². The minimum Gasteiger partial charge on any atom is -0.490 e. The third-order valence-electron chi connectivity index (χ3n) is 7.62. The Hall–Kier alpha value is -3.91. The molecule has 1 atom stereocenters. The summed E-state index contributed by atoms with van der Waals surface area (Å²) in [5.74, 6) is 0.484. The lowest BCUT2D eigenvalue weighted by Crippen LogP contribution is -2.40. The number of esters is 1. The van der Waals surface area contributed by atoms with Crippen molar-refractivity contribution in [1.82, 2.24) is 9.88 Å². The predicted molar refractivity (Wildman–Crippen MR) is 170 cm³/mol. The molecule has 1 saturated carbocycles. The number of amides is 1. The molecule has 0 radical (unpaired) electrons. The van der Waals surface area contributed by atoms with Crippen LogP contribution in [0.5, 0.6) is 5.75 Å². The summed E-state index contributed by atoms with van der Waals surface area (Å²) in [5, 5.41) is 10.8. The Morgan fingerprint density at radius 3 is 2.41 bits per heavy atom. The molecule has 2 aromatic carbocycles. The molecule has 8 heteroatoms. The Balaban J connectivity index is 1.47. The second-order valence-electron chi connectivity index (χ2n) is 12.4. The van der Waals surface area contributed by atoms with Crippen LogP contribution in [0.3, 0.4) is 0 Å². The highest BCUT2D eigenvalue weighted by Crippen LogP contribution is 2.32. The Bertz CT molecular complexity index is 1350. The van der Waals surface area contributed by atoms with E-state index in [0.717, 1.165) is 53.7 Å². The fraction of sp³-hybridized carbons (Fsp3) is 0.472. The van der Waals surface area contributed by atoms with Crippen molar-refractivity contribution in [3.8, 4) is 16.9 Å². The van der Waals surface area contributed by atoms with Crippen molar-refractivity contribution in [3.05, 3.63) is 83.7 Å². The molecule has 1 aliphatic carbocycles. The van der Waals surface area contributed by atoms with Gasteiger partial charge in [-0.3, -0.25) is 9.78 Å². The van der Waals surface area contributed by atoms with Crippen LogP contribution in [0.1, 0.15) is 82.6 Å². The monoisotopic (exact) mass is 602 g/mol. The minimum absolute atomic E-state index is 0.0978. The highest BCUT2D eigenvalue weighted by Gasteiger charge is 2.25. The van der Waals surface area contributed by atoms with Crippen LogP contribution in [0.4, 0.5) is 4.79 Å². The first kappa shape index (κ1) is 33.0. The van der Waals surface area contributed by atoms with Gasteiger partial charge in [0.25, 0.3) is 0 Å². The molecule has 0 bridgehead atoms. The second-order valence-corrected chi connectivity index (χ2v) is 12.4. The van der Waals surface area contributed by atoms with Crippen LogP contribution < -0.4 is 4.74 Å². The molecule has 1 aliphatic rings. The number of aromatic nitrogens is 1. The number of hydrogen-bond donors (Lipinski definition) is 1. The first-order valence-corrected chi connectivity index (χ1v) is 15.7. The van der Waals surface area contributed by atoms with E-state index in [1.807, 2.05) is 58.0 Å². The largest absolute Gasteiger partial charge is 0.490 e. The Morgan fingerprint density at radius 1 is 1.02 bits per heavy atom. The van der Waals surface area contributed by atoms with Crippen molar-refractivity contribution < 1.29 is 28.9 Å². The molecule has 4 rings (SSSR count). The predicted octanol–water partition coefficient (Wildman–Crippen LogP) is 7.08. The molecule has 236 valence electrons. The number of ether oxygens (including phenoxy) is 3. The summed E-state index contributed by atoms with van der Waals surface area (Å²) < 4.78 is 17.3. The summed E-state index contributed by atoms with van der Waals surface area (Å²) in [4.78, 5) is 30.9. The molecular weight excluding hydrogens is 556 g/mol. The van der Waals surface area contributed by atoms with Gasteiger partial charge in [0.05, 0.1) is 31.8 Å². The lowest BCUT2D eigenvalue weighted by Gasteiger charge is -2.29. The Labute approximate surface area is 261 Å². The number of carbonyl (C=O) groups is 2. The number of rotatable bonds is 12. The maximum atomic E-state index is 13.0. The maximum absolute atomic E-state index is 13.0. The van der Waals surface area contributed by atoms with Crippen molar-refractivity contribution >= 4 is 12.1 Å². The van der Waals surface area contributed by atoms with Gasteiger partial charge in [-0.2, -0.15) is 0 Å². The van der Waals surface area contributed by atoms with E-state index in [4.69, 9.17) is 14.2 Å². The van der Waals surface area contributed by atoms with Gasteiger partial charge in [0.15, 0.2) is 0 Å². The normalized spacial score (nSPS) is 14.5. The molecule has 0 spiro atoms. The van der Waals surface area contributed by atoms with Gasteiger partial charge in [-0.15, -0.1) is 0 Å². The molecule has 1 heterocycles. The quantitative estimate of drug-likeness (QED) is 0.221. The number of aliphatic hydroxyl groups excluding tert-OH is 1. The summed E-state index contributed by atoms with van der Waals surface area (Å²) in [7, 11) is 0. The molecule has 0 unspecified atom stereocenters. The van der Waals surface area contributed by atoms with Crippen LogP contribution in [-0.4, -0.2) is 58.5 Å². The molecule has 0 saturated heterocycles. The van der Waals surface area contributed by atoms with Gasteiger partial charge in [0.2, 0.25) is 0 Å². The lowest BCUT2D eigenvalue weighted by atomic mass is 9.97. The van der Waals surface area contributed by atoms with Gasteiger partial charge in [-0.1, -0.05) is 48.9 Å². The van der Waals surface area contributed by atoms with Crippen molar-refractivity contribution in [2.45, 2.75) is 90.4 Å². The molecule has 3 aromatic rings. The molecule has 1 aromatic heterocycles. The number of hydrogen-bond acceptors (Lipinski definition) is 7. The Morgan fingerprint density at radius 2 is 1.75 bits per heavy atom. The highest BCUT2D eigenvalue weighted by atomic mass is 16.6. The fourth-order valence-electron chi connectivity index (χ4n) is 5.32. The smallest absolute Gasteiger partial charge is 0.410 e. The molecule has 1 fully saturated rings. The van der Waals surface area contributed by atoms with E-state index in [0.29, 0.717) is 25.1 Å². The number of pyridine rings is 1. The van der Waals surface area contributed by atoms with Crippen LogP contribution >= 0.6 is 0 Å². The zero-order chi connectivity index (χ0) is 31.5.